The Morgan fingerprint density at radius 3 is 2.70 bits per heavy atom. The van der Waals surface area contributed by atoms with E-state index in [-0.39, 0.29) is 0 Å². The summed E-state index contributed by atoms with van der Waals surface area (Å²) in [6.07, 6.45) is 1.74. The maximum atomic E-state index is 5.89. The summed E-state index contributed by atoms with van der Waals surface area (Å²) in [6.45, 7) is 0. The molecule has 0 spiro atoms. The summed E-state index contributed by atoms with van der Waals surface area (Å²) in [5, 5.41) is 1.89. The van der Waals surface area contributed by atoms with E-state index in [1.165, 1.54) is 5.56 Å². The van der Waals surface area contributed by atoms with Crippen molar-refractivity contribution in [3.63, 3.8) is 0 Å². The zero-order valence-electron chi connectivity index (χ0n) is 10.5. The first-order chi connectivity index (χ1) is 9.76. The quantitative estimate of drug-likeness (QED) is 0.534. The SMILES string of the molecule is BrCc1ccc(Oc2cnc3ccccc3c2)c(Br)c1. The summed E-state index contributed by atoms with van der Waals surface area (Å²) >= 11 is 6.97. The number of hydrogen-bond acceptors (Lipinski definition) is 2. The summed E-state index contributed by atoms with van der Waals surface area (Å²) < 4.78 is 6.83. The zero-order chi connectivity index (χ0) is 13.9. The third-order valence-electron chi connectivity index (χ3n) is 2.94. The maximum absolute atomic E-state index is 5.89. The Labute approximate surface area is 134 Å². The van der Waals surface area contributed by atoms with Crippen LogP contribution in [-0.2, 0) is 5.33 Å². The standard InChI is InChI=1S/C16H11Br2NO/c17-9-11-5-6-16(14(18)7-11)20-13-8-12-3-1-2-4-15(12)19-10-13/h1-8,10H,9H2. The van der Waals surface area contributed by atoms with Gasteiger partial charge in [0, 0.05) is 10.7 Å². The Hall–Kier alpha value is -1.39. The van der Waals surface area contributed by atoms with Gasteiger partial charge in [-0.2, -0.15) is 0 Å². The van der Waals surface area contributed by atoms with Crippen LogP contribution in [0.4, 0.5) is 0 Å². The van der Waals surface area contributed by atoms with Crippen LogP contribution >= 0.6 is 31.9 Å². The first-order valence-electron chi connectivity index (χ1n) is 6.13. The van der Waals surface area contributed by atoms with Gasteiger partial charge in [0.2, 0.25) is 0 Å². The molecule has 1 heterocycles. The normalized spacial score (nSPS) is 10.7. The lowest BCUT2D eigenvalue weighted by molar-refractivity contribution is 0.478. The monoisotopic (exact) mass is 391 g/mol. The molecule has 0 aliphatic rings. The molecule has 0 aliphatic heterocycles. The van der Waals surface area contributed by atoms with Crippen LogP contribution in [0.3, 0.4) is 0 Å². The molecule has 0 unspecified atom stereocenters. The Bertz CT molecular complexity index is 758. The lowest BCUT2D eigenvalue weighted by atomic mass is 10.2. The van der Waals surface area contributed by atoms with Gasteiger partial charge in [0.15, 0.2) is 0 Å². The summed E-state index contributed by atoms with van der Waals surface area (Å²) in [4.78, 5) is 4.39. The van der Waals surface area contributed by atoms with Gasteiger partial charge in [0.25, 0.3) is 0 Å². The summed E-state index contributed by atoms with van der Waals surface area (Å²) in [5.41, 5.74) is 2.16. The largest absolute Gasteiger partial charge is 0.455 e. The fourth-order valence-electron chi connectivity index (χ4n) is 1.94. The molecule has 0 atom stereocenters. The molecule has 20 heavy (non-hydrogen) atoms. The molecule has 0 N–H and O–H groups in total. The molecule has 1 aromatic heterocycles. The number of benzene rings is 2. The van der Waals surface area contributed by atoms with Crippen LogP contribution in [0.25, 0.3) is 10.9 Å². The van der Waals surface area contributed by atoms with Crippen molar-refractivity contribution >= 4 is 42.8 Å². The predicted octanol–water partition coefficient (Wildman–Crippen LogP) is 5.68. The number of rotatable bonds is 3. The summed E-state index contributed by atoms with van der Waals surface area (Å²) in [5.74, 6) is 1.52. The highest BCUT2D eigenvalue weighted by Crippen LogP contribution is 2.31. The van der Waals surface area contributed by atoms with E-state index < -0.39 is 0 Å². The van der Waals surface area contributed by atoms with E-state index in [0.29, 0.717) is 0 Å². The molecule has 0 saturated heterocycles. The highest BCUT2D eigenvalue weighted by atomic mass is 79.9. The van der Waals surface area contributed by atoms with E-state index in [2.05, 4.69) is 36.8 Å². The average Bonchev–Trinajstić information content (AvgIpc) is 2.49. The molecule has 2 aromatic carbocycles. The van der Waals surface area contributed by atoms with Gasteiger partial charge in [-0.1, -0.05) is 40.2 Å². The van der Waals surface area contributed by atoms with E-state index in [4.69, 9.17) is 4.74 Å². The Kier molecular flexibility index (Phi) is 4.03. The molecule has 3 rings (SSSR count). The highest BCUT2D eigenvalue weighted by Gasteiger charge is 2.05. The number of hydrogen-bond donors (Lipinski definition) is 0. The van der Waals surface area contributed by atoms with E-state index in [1.807, 2.05) is 48.5 Å². The molecule has 0 bridgehead atoms. The fraction of sp³-hybridized carbons (Fsp3) is 0.0625. The third-order valence-corrected chi connectivity index (χ3v) is 4.21. The number of ether oxygens (including phenoxy) is 1. The molecule has 2 nitrogen and oxygen atoms in total. The topological polar surface area (TPSA) is 22.1 Å². The number of fused-ring (bicyclic) bond motifs is 1. The summed E-state index contributed by atoms with van der Waals surface area (Å²) in [7, 11) is 0. The van der Waals surface area contributed by atoms with Gasteiger partial charge >= 0.3 is 0 Å². The lowest BCUT2D eigenvalue weighted by Crippen LogP contribution is -1.88. The van der Waals surface area contributed by atoms with Gasteiger partial charge in [-0.25, -0.2) is 0 Å². The molecule has 4 heteroatoms. The third kappa shape index (κ3) is 2.86. The van der Waals surface area contributed by atoms with E-state index in [0.717, 1.165) is 32.2 Å². The van der Waals surface area contributed by atoms with E-state index >= 15 is 0 Å². The Balaban J connectivity index is 1.92. The minimum absolute atomic E-state index is 0.732. The number of pyridine rings is 1. The maximum Gasteiger partial charge on any atom is 0.146 e. The number of nitrogens with zero attached hydrogens (tertiary/aromatic N) is 1. The van der Waals surface area contributed by atoms with Crippen molar-refractivity contribution in [3.05, 3.63) is 64.8 Å². The molecular formula is C16H11Br2NO. The second-order valence-corrected chi connectivity index (χ2v) is 5.78. The fourth-order valence-corrected chi connectivity index (χ4v) is 2.80. The van der Waals surface area contributed by atoms with Crippen molar-refractivity contribution in [2.24, 2.45) is 0 Å². The van der Waals surface area contributed by atoms with Crippen LogP contribution in [0.15, 0.2) is 59.2 Å². The van der Waals surface area contributed by atoms with Crippen molar-refractivity contribution in [1.82, 2.24) is 4.98 Å². The second kappa shape index (κ2) is 5.94. The van der Waals surface area contributed by atoms with Gasteiger partial charge in [-0.3, -0.25) is 4.98 Å². The Morgan fingerprint density at radius 1 is 1.05 bits per heavy atom. The summed E-state index contributed by atoms with van der Waals surface area (Å²) in [6, 6.07) is 16.0. The average molecular weight is 393 g/mol. The van der Waals surface area contributed by atoms with Crippen LogP contribution in [0.1, 0.15) is 5.56 Å². The molecule has 0 fully saturated rings. The zero-order valence-corrected chi connectivity index (χ0v) is 13.7. The van der Waals surface area contributed by atoms with Crippen LogP contribution in [0.5, 0.6) is 11.5 Å². The van der Waals surface area contributed by atoms with Crippen LogP contribution in [0, 0.1) is 0 Å². The molecule has 0 radical (unpaired) electrons. The number of halogens is 2. The predicted molar refractivity (Wildman–Crippen MR) is 88.6 cm³/mol. The van der Waals surface area contributed by atoms with Crippen molar-refractivity contribution in [2.75, 3.05) is 0 Å². The first-order valence-corrected chi connectivity index (χ1v) is 8.05. The number of alkyl halides is 1. The van der Waals surface area contributed by atoms with Crippen LogP contribution in [0.2, 0.25) is 0 Å². The Morgan fingerprint density at radius 2 is 1.90 bits per heavy atom. The van der Waals surface area contributed by atoms with Gasteiger partial charge in [-0.05, 0) is 45.8 Å². The van der Waals surface area contributed by atoms with E-state index in [1.54, 1.807) is 6.20 Å². The highest BCUT2D eigenvalue weighted by molar-refractivity contribution is 9.10. The molecule has 100 valence electrons. The van der Waals surface area contributed by atoms with E-state index in [9.17, 15) is 0 Å². The second-order valence-electron chi connectivity index (χ2n) is 4.36. The molecule has 0 amide bonds. The van der Waals surface area contributed by atoms with Crippen molar-refractivity contribution in [1.29, 1.82) is 0 Å². The molecular weight excluding hydrogens is 382 g/mol. The van der Waals surface area contributed by atoms with Crippen LogP contribution < -0.4 is 4.74 Å². The van der Waals surface area contributed by atoms with Crippen molar-refractivity contribution in [3.8, 4) is 11.5 Å². The van der Waals surface area contributed by atoms with Gasteiger partial charge < -0.3 is 4.74 Å². The minimum atomic E-state index is 0.732. The van der Waals surface area contributed by atoms with Gasteiger partial charge in [-0.15, -0.1) is 0 Å². The van der Waals surface area contributed by atoms with Crippen molar-refractivity contribution in [2.45, 2.75) is 5.33 Å². The first kappa shape index (κ1) is 13.6. The number of para-hydroxylation sites is 1. The van der Waals surface area contributed by atoms with Gasteiger partial charge in [0.1, 0.15) is 11.5 Å². The van der Waals surface area contributed by atoms with Gasteiger partial charge in [0.05, 0.1) is 16.2 Å². The number of aromatic nitrogens is 1. The smallest absolute Gasteiger partial charge is 0.146 e. The molecule has 3 aromatic rings. The molecule has 0 saturated carbocycles. The van der Waals surface area contributed by atoms with Crippen molar-refractivity contribution < 1.29 is 4.74 Å². The minimum Gasteiger partial charge on any atom is -0.455 e. The lowest BCUT2D eigenvalue weighted by Gasteiger charge is -2.09. The molecule has 0 aliphatic carbocycles. The van der Waals surface area contributed by atoms with Crippen LogP contribution in [-0.4, -0.2) is 4.98 Å².